The molecule has 9 heteroatoms. The number of hydrogen-bond donors (Lipinski definition) is 3. The molecule has 0 amide bonds. The normalized spacial score (nSPS) is 22.3. The number of fused-ring (bicyclic) bond motifs is 1. The van der Waals surface area contributed by atoms with Crippen LogP contribution in [0.3, 0.4) is 0 Å². The van der Waals surface area contributed by atoms with E-state index in [0.29, 0.717) is 22.9 Å². The van der Waals surface area contributed by atoms with Crippen molar-refractivity contribution in [1.82, 2.24) is 4.31 Å². The van der Waals surface area contributed by atoms with Crippen LogP contribution in [0.5, 0.6) is 0 Å². The second-order valence-electron chi connectivity index (χ2n) is 11.9. The number of benzene rings is 3. The van der Waals surface area contributed by atoms with Gasteiger partial charge in [-0.05, 0) is 80.0 Å². The summed E-state index contributed by atoms with van der Waals surface area (Å²) in [6.45, 7) is 2.42. The van der Waals surface area contributed by atoms with Crippen LogP contribution in [-0.4, -0.2) is 57.2 Å². The second kappa shape index (κ2) is 12.1. The van der Waals surface area contributed by atoms with E-state index >= 15 is 0 Å². The Morgan fingerprint density at radius 3 is 2.26 bits per heavy atom. The molecule has 224 valence electrons. The molecule has 3 aromatic rings. The number of rotatable bonds is 5. The van der Waals surface area contributed by atoms with Crippen molar-refractivity contribution in [2.24, 2.45) is 5.92 Å². The molecule has 6 rings (SSSR count). The Balaban J connectivity index is 1.59. The highest BCUT2D eigenvalue weighted by Gasteiger charge is 2.41. The molecule has 7 nitrogen and oxygen atoms in total. The van der Waals surface area contributed by atoms with Gasteiger partial charge in [0, 0.05) is 49.7 Å². The highest BCUT2D eigenvalue weighted by Crippen LogP contribution is 2.61. The molecule has 0 bridgehead atoms. The number of carbonyl (C=O) groups is 1. The molecule has 3 aliphatic rings. The maximum Gasteiger partial charge on any atom is 0.337 e. The summed E-state index contributed by atoms with van der Waals surface area (Å²) in [7, 11) is -1.52. The van der Waals surface area contributed by atoms with E-state index in [2.05, 4.69) is 28.0 Å². The van der Waals surface area contributed by atoms with Crippen LogP contribution in [-0.2, 0) is 0 Å². The summed E-state index contributed by atoms with van der Waals surface area (Å²) >= 11 is 6.26. The summed E-state index contributed by atoms with van der Waals surface area (Å²) < 4.78 is 26.1. The van der Waals surface area contributed by atoms with E-state index in [1.807, 2.05) is 41.7 Å². The summed E-state index contributed by atoms with van der Waals surface area (Å²) in [5.74, 6) is -0.725. The fourth-order valence-corrected chi connectivity index (χ4v) is 8.88. The average Bonchev–Trinajstić information content (AvgIpc) is 3.10. The van der Waals surface area contributed by atoms with Gasteiger partial charge in [0.1, 0.15) is 0 Å². The lowest BCUT2D eigenvalue weighted by Gasteiger charge is -2.46. The third-order valence-electron chi connectivity index (χ3n) is 9.37. The molecule has 3 N–H and O–H groups in total. The van der Waals surface area contributed by atoms with E-state index in [1.165, 1.54) is 12.8 Å². The van der Waals surface area contributed by atoms with Crippen molar-refractivity contribution in [2.75, 3.05) is 36.5 Å². The van der Waals surface area contributed by atoms with Gasteiger partial charge in [-0.3, -0.25) is 9.11 Å². The smallest absolute Gasteiger partial charge is 0.337 e. The Kier molecular flexibility index (Phi) is 8.44. The van der Waals surface area contributed by atoms with Crippen molar-refractivity contribution < 1.29 is 19.0 Å². The first-order valence-corrected chi connectivity index (χ1v) is 16.9. The zero-order valence-electron chi connectivity index (χ0n) is 24.1. The van der Waals surface area contributed by atoms with Crippen molar-refractivity contribution in [1.29, 1.82) is 0 Å². The van der Waals surface area contributed by atoms with Gasteiger partial charge in [-0.1, -0.05) is 55.1 Å². The maximum absolute atomic E-state index is 12.1. The van der Waals surface area contributed by atoms with E-state index in [1.54, 1.807) is 12.1 Å². The molecule has 2 heterocycles. The Labute approximate surface area is 255 Å². The fourth-order valence-electron chi connectivity index (χ4n) is 7.03. The predicted molar refractivity (Wildman–Crippen MR) is 173 cm³/mol. The minimum Gasteiger partial charge on any atom is -0.478 e. The lowest BCUT2D eigenvalue weighted by molar-refractivity contribution is 0.0697. The van der Waals surface area contributed by atoms with E-state index in [9.17, 15) is 19.0 Å². The summed E-state index contributed by atoms with van der Waals surface area (Å²) in [5, 5.41) is 10.0. The van der Waals surface area contributed by atoms with Crippen molar-refractivity contribution in [3.63, 3.8) is 0 Å². The number of halogens is 1. The number of aromatic carboxylic acids is 1. The molecule has 3 aromatic carbocycles. The van der Waals surface area contributed by atoms with Crippen LogP contribution in [0.25, 0.3) is 11.1 Å². The van der Waals surface area contributed by atoms with Crippen LogP contribution in [0.1, 0.15) is 61.7 Å². The summed E-state index contributed by atoms with van der Waals surface area (Å²) in [4.78, 5) is 17.1. The number of carboxylic acid groups (broad SMARTS) is 1. The Morgan fingerprint density at radius 1 is 0.881 bits per heavy atom. The van der Waals surface area contributed by atoms with Gasteiger partial charge < -0.3 is 14.9 Å². The van der Waals surface area contributed by atoms with Gasteiger partial charge in [-0.15, -0.1) is 10.8 Å². The lowest BCUT2D eigenvalue weighted by atomic mass is 9.83. The number of para-hydroxylation sites is 1. The number of likely N-dealkylation sites (N-methyl/N-ethyl adjacent to an activating group) is 1. The Hall–Kier alpha value is -2.75. The van der Waals surface area contributed by atoms with Crippen LogP contribution < -0.4 is 9.80 Å². The third-order valence-corrected chi connectivity index (χ3v) is 11.7. The van der Waals surface area contributed by atoms with Crippen LogP contribution in [0.2, 0.25) is 5.02 Å². The minimum absolute atomic E-state index is 0.0284. The fraction of sp³-hybridized carbons (Fsp3) is 0.424. The van der Waals surface area contributed by atoms with Gasteiger partial charge in [0.2, 0.25) is 0 Å². The molecular formula is C33H40ClN3O4S. The summed E-state index contributed by atoms with van der Waals surface area (Å²) in [6.07, 6.45) is 9.03. The predicted octanol–water partition coefficient (Wildman–Crippen LogP) is 8.75. The topological polar surface area (TPSA) is 87.5 Å². The van der Waals surface area contributed by atoms with E-state index in [4.69, 9.17) is 11.6 Å². The number of carboxylic acids is 1. The standard InChI is InChI=1S/C33H40ClN3O4S/c1-35-31(23-11-5-2-6-12-23)22-37(25-13-7-3-8-14-25)30-21-29(36-17-9-4-10-18-36)26(20-32(30)42(35,40)41)24-15-16-28(34)27(19-24)33(38)39/h3,7-8,13-16,19-21,23,31,40-41H,2,4-6,9-12,17-18,22H2,1H3,(H,38,39). The molecule has 0 aromatic heterocycles. The van der Waals surface area contributed by atoms with Gasteiger partial charge >= 0.3 is 5.97 Å². The van der Waals surface area contributed by atoms with E-state index in [-0.39, 0.29) is 16.6 Å². The quantitative estimate of drug-likeness (QED) is 0.266. The van der Waals surface area contributed by atoms with Crippen LogP contribution >= 0.6 is 22.4 Å². The molecule has 2 aliphatic heterocycles. The first-order chi connectivity index (χ1) is 20.3. The molecule has 1 saturated carbocycles. The number of anilines is 3. The molecule has 0 spiro atoms. The lowest BCUT2D eigenvalue weighted by Crippen LogP contribution is -2.45. The Morgan fingerprint density at radius 2 is 1.57 bits per heavy atom. The number of piperidine rings is 1. The first-order valence-electron chi connectivity index (χ1n) is 15.1. The molecule has 1 aliphatic carbocycles. The molecular weight excluding hydrogens is 570 g/mol. The first kappa shape index (κ1) is 29.3. The van der Waals surface area contributed by atoms with Gasteiger partial charge in [-0.2, -0.15) is 4.31 Å². The molecule has 1 unspecified atom stereocenters. The second-order valence-corrected chi connectivity index (χ2v) is 14.3. The number of nitrogens with zero attached hydrogens (tertiary/aromatic N) is 3. The third kappa shape index (κ3) is 5.51. The summed E-state index contributed by atoms with van der Waals surface area (Å²) in [6, 6.07) is 19.3. The zero-order chi connectivity index (χ0) is 29.4. The molecule has 1 saturated heterocycles. The maximum atomic E-state index is 12.1. The van der Waals surface area contributed by atoms with Gasteiger partial charge in [-0.25, -0.2) is 4.79 Å². The van der Waals surface area contributed by atoms with Gasteiger partial charge in [0.15, 0.2) is 0 Å². The average molecular weight is 610 g/mol. The minimum atomic E-state index is -3.38. The SMILES string of the molecule is CN1C(C2CCCCC2)CN(c2ccccc2)c2cc(N3CCCCC3)c(-c3ccc(Cl)c(C(=O)O)c3)cc2S1(O)O. The van der Waals surface area contributed by atoms with Gasteiger partial charge in [0.25, 0.3) is 0 Å². The molecule has 42 heavy (non-hydrogen) atoms. The molecule has 2 fully saturated rings. The van der Waals surface area contributed by atoms with Crippen molar-refractivity contribution >= 4 is 45.4 Å². The van der Waals surface area contributed by atoms with Crippen LogP contribution in [0.4, 0.5) is 17.1 Å². The van der Waals surface area contributed by atoms with Gasteiger partial charge in [0.05, 0.1) is 21.2 Å². The van der Waals surface area contributed by atoms with Crippen molar-refractivity contribution in [3.05, 3.63) is 71.2 Å². The van der Waals surface area contributed by atoms with Crippen LogP contribution in [0.15, 0.2) is 65.6 Å². The zero-order valence-corrected chi connectivity index (χ0v) is 25.7. The van der Waals surface area contributed by atoms with E-state index in [0.717, 1.165) is 74.2 Å². The van der Waals surface area contributed by atoms with Crippen LogP contribution in [0, 0.1) is 5.92 Å². The molecule has 0 radical (unpaired) electrons. The number of hydrogen-bond acceptors (Lipinski definition) is 6. The largest absolute Gasteiger partial charge is 0.478 e. The summed E-state index contributed by atoms with van der Waals surface area (Å²) in [5.41, 5.74) is 4.29. The highest BCUT2D eigenvalue weighted by atomic mass is 35.5. The van der Waals surface area contributed by atoms with Crippen molar-refractivity contribution in [3.8, 4) is 11.1 Å². The Bertz CT molecular complexity index is 1440. The molecule has 1 atom stereocenters. The van der Waals surface area contributed by atoms with Crippen molar-refractivity contribution in [2.45, 2.75) is 62.3 Å². The van der Waals surface area contributed by atoms with E-state index < -0.39 is 16.7 Å². The monoisotopic (exact) mass is 609 g/mol. The highest BCUT2D eigenvalue weighted by molar-refractivity contribution is 8.22.